The van der Waals surface area contributed by atoms with E-state index >= 15 is 0 Å². The van der Waals surface area contributed by atoms with E-state index in [0.29, 0.717) is 6.26 Å². The lowest BCUT2D eigenvalue weighted by molar-refractivity contribution is -0.143. The van der Waals surface area contributed by atoms with Gasteiger partial charge in [-0.25, -0.2) is 17.8 Å². The first-order valence-electron chi connectivity index (χ1n) is 8.19. The first-order chi connectivity index (χ1) is 14.3. The fraction of sp³-hybridized carbons (Fsp3) is 0.158. The average molecular weight is 457 g/mol. The predicted octanol–water partition coefficient (Wildman–Crippen LogP) is 2.79. The lowest BCUT2D eigenvalue weighted by atomic mass is 9.95. The number of benzene rings is 1. The Bertz CT molecular complexity index is 1220. The van der Waals surface area contributed by atoms with Gasteiger partial charge in [-0.05, 0) is 12.1 Å². The third-order valence-corrected chi connectivity index (χ3v) is 4.37. The number of nitrogens with zero attached hydrogens (tertiary/aromatic N) is 1. The highest BCUT2D eigenvalue weighted by molar-refractivity contribution is 7.92. The van der Waals surface area contributed by atoms with Gasteiger partial charge in [0.1, 0.15) is 5.75 Å². The Morgan fingerprint density at radius 2 is 2.00 bits per heavy atom. The molecule has 0 unspecified atom stereocenters. The third kappa shape index (κ3) is 5.32. The molecule has 1 amide bonds. The van der Waals surface area contributed by atoms with Crippen LogP contribution in [-0.4, -0.2) is 32.7 Å². The van der Waals surface area contributed by atoms with Crippen LogP contribution >= 0.6 is 0 Å². The first kappa shape index (κ1) is 23.7. The molecule has 0 saturated carbocycles. The summed E-state index contributed by atoms with van der Waals surface area (Å²) in [5, 5.41) is 0. The molecule has 0 saturated heterocycles. The Labute approximate surface area is 175 Å². The standard InChI is InChI=1S/C19H15F4N3O4S/c1-4-6-12(18(24)27)13-15(10-7-5-8-11(9-10)30-2)25-17(19(21,22)23)14(20)16(13)26-31(3,28)29/h1,5-9H,2-3H3,(H2,24,27)(H,25,26). The number of alkyl halides is 3. The lowest BCUT2D eigenvalue weighted by Gasteiger charge is -2.20. The second-order valence-corrected chi connectivity index (χ2v) is 7.81. The molecule has 0 atom stereocenters. The summed E-state index contributed by atoms with van der Waals surface area (Å²) in [5.74, 6) is -1.14. The Morgan fingerprint density at radius 3 is 2.48 bits per heavy atom. The van der Waals surface area contributed by atoms with E-state index < -0.39 is 56.1 Å². The summed E-state index contributed by atoms with van der Waals surface area (Å²) in [6, 6.07) is 5.42. The van der Waals surface area contributed by atoms with E-state index in [2.05, 4.69) is 4.98 Å². The van der Waals surface area contributed by atoms with Crippen molar-refractivity contribution in [1.82, 2.24) is 4.98 Å². The number of methoxy groups -OCH3 is 1. The normalized spacial score (nSPS) is 12.2. The molecule has 1 heterocycles. The number of aromatic nitrogens is 1. The number of nitrogens with two attached hydrogens (primary N) is 1. The summed E-state index contributed by atoms with van der Waals surface area (Å²) in [4.78, 5) is 15.3. The van der Waals surface area contributed by atoms with E-state index in [1.54, 1.807) is 4.72 Å². The van der Waals surface area contributed by atoms with Gasteiger partial charge in [0.15, 0.2) is 11.5 Å². The molecule has 0 aliphatic carbocycles. The molecule has 0 fully saturated rings. The number of primary amides is 1. The largest absolute Gasteiger partial charge is 0.497 e. The summed E-state index contributed by atoms with van der Waals surface area (Å²) in [6.45, 7) is 0. The number of rotatable bonds is 6. The Kier molecular flexibility index (Phi) is 6.61. The van der Waals surface area contributed by atoms with E-state index in [-0.39, 0.29) is 11.3 Å². The van der Waals surface area contributed by atoms with Crippen LogP contribution in [0.3, 0.4) is 0 Å². The van der Waals surface area contributed by atoms with Crippen molar-refractivity contribution in [2.75, 3.05) is 18.1 Å². The number of sulfonamides is 1. The second kappa shape index (κ2) is 8.65. The SMILES string of the molecule is C#CC=C(C(N)=O)c1c(-c2cccc(OC)c2)nc(C(F)(F)F)c(F)c1NS(C)(=O)=O. The molecule has 1 aromatic heterocycles. The van der Waals surface area contributed by atoms with Gasteiger partial charge in [0.2, 0.25) is 15.9 Å². The number of amides is 1. The zero-order valence-electron chi connectivity index (χ0n) is 16.0. The number of allylic oxidation sites excluding steroid dienone is 1. The smallest absolute Gasteiger partial charge is 0.436 e. The van der Waals surface area contributed by atoms with Crippen molar-refractivity contribution in [3.63, 3.8) is 0 Å². The van der Waals surface area contributed by atoms with E-state index in [1.807, 2.05) is 5.92 Å². The molecule has 164 valence electrons. The van der Waals surface area contributed by atoms with Crippen LogP contribution in [0.25, 0.3) is 16.8 Å². The molecule has 0 aliphatic rings. The number of ether oxygens (including phenoxy) is 1. The number of hydrogen-bond acceptors (Lipinski definition) is 5. The zero-order chi connectivity index (χ0) is 23.6. The van der Waals surface area contributed by atoms with Gasteiger partial charge in [-0.2, -0.15) is 13.2 Å². The maximum Gasteiger partial charge on any atom is 0.436 e. The fourth-order valence-corrected chi connectivity index (χ4v) is 3.19. The topological polar surface area (TPSA) is 111 Å². The zero-order valence-corrected chi connectivity index (χ0v) is 16.9. The quantitative estimate of drug-likeness (QED) is 0.394. The minimum absolute atomic E-state index is 0.0550. The second-order valence-electron chi connectivity index (χ2n) is 6.07. The Morgan fingerprint density at radius 1 is 1.35 bits per heavy atom. The minimum atomic E-state index is -5.30. The minimum Gasteiger partial charge on any atom is -0.497 e. The van der Waals surface area contributed by atoms with Crippen molar-refractivity contribution in [2.24, 2.45) is 5.73 Å². The molecule has 0 radical (unpaired) electrons. The van der Waals surface area contributed by atoms with Crippen LogP contribution in [0.5, 0.6) is 5.75 Å². The van der Waals surface area contributed by atoms with E-state index in [9.17, 15) is 30.8 Å². The van der Waals surface area contributed by atoms with Crippen LogP contribution in [0, 0.1) is 18.2 Å². The highest BCUT2D eigenvalue weighted by Gasteiger charge is 2.40. The van der Waals surface area contributed by atoms with E-state index in [4.69, 9.17) is 16.9 Å². The van der Waals surface area contributed by atoms with Gasteiger partial charge in [0.05, 0.1) is 30.3 Å². The molecule has 3 N–H and O–H groups in total. The predicted molar refractivity (Wildman–Crippen MR) is 106 cm³/mol. The molecule has 7 nitrogen and oxygen atoms in total. The summed E-state index contributed by atoms with van der Waals surface area (Å²) in [7, 11) is -3.02. The van der Waals surface area contributed by atoms with Crippen LogP contribution in [0.15, 0.2) is 30.3 Å². The van der Waals surface area contributed by atoms with Crippen LogP contribution in [0.2, 0.25) is 0 Å². The molecule has 2 rings (SSSR count). The molecule has 0 aliphatic heterocycles. The number of carbonyl (C=O) groups excluding carboxylic acids is 1. The van der Waals surface area contributed by atoms with Crippen LogP contribution in [-0.2, 0) is 21.0 Å². The summed E-state index contributed by atoms with van der Waals surface area (Å²) in [6.07, 6.45) is 1.22. The van der Waals surface area contributed by atoms with Gasteiger partial charge in [0, 0.05) is 17.2 Å². The maximum atomic E-state index is 14.9. The molecule has 0 bridgehead atoms. The molecule has 2 aromatic rings. The van der Waals surface area contributed by atoms with Gasteiger partial charge in [-0.3, -0.25) is 9.52 Å². The number of terminal acetylenes is 1. The number of pyridine rings is 1. The molecular formula is C19H15F4N3O4S. The van der Waals surface area contributed by atoms with Gasteiger partial charge >= 0.3 is 6.18 Å². The van der Waals surface area contributed by atoms with Crippen LogP contribution in [0.4, 0.5) is 23.2 Å². The molecular weight excluding hydrogens is 442 g/mol. The monoisotopic (exact) mass is 457 g/mol. The third-order valence-electron chi connectivity index (χ3n) is 3.80. The number of nitrogens with one attached hydrogen (secondary N) is 1. The van der Waals surface area contributed by atoms with Crippen LogP contribution in [0.1, 0.15) is 11.3 Å². The van der Waals surface area contributed by atoms with Crippen molar-refractivity contribution >= 4 is 27.2 Å². The van der Waals surface area contributed by atoms with Crippen molar-refractivity contribution in [2.45, 2.75) is 6.18 Å². The van der Waals surface area contributed by atoms with Gasteiger partial charge < -0.3 is 10.5 Å². The van der Waals surface area contributed by atoms with Gasteiger partial charge in [-0.15, -0.1) is 6.42 Å². The maximum absolute atomic E-state index is 14.9. The first-order valence-corrected chi connectivity index (χ1v) is 10.1. The molecule has 0 spiro atoms. The average Bonchev–Trinajstić information content (AvgIpc) is 2.65. The lowest BCUT2D eigenvalue weighted by Crippen LogP contribution is -2.22. The molecule has 12 heteroatoms. The highest BCUT2D eigenvalue weighted by Crippen LogP contribution is 2.42. The molecule has 1 aromatic carbocycles. The molecule has 31 heavy (non-hydrogen) atoms. The fourth-order valence-electron chi connectivity index (χ4n) is 2.62. The highest BCUT2D eigenvalue weighted by atomic mass is 32.2. The Hall–Kier alpha value is -3.59. The van der Waals surface area contributed by atoms with E-state index in [0.717, 1.165) is 6.08 Å². The Balaban J connectivity index is 3.15. The van der Waals surface area contributed by atoms with Crippen LogP contribution < -0.4 is 15.2 Å². The summed E-state index contributed by atoms with van der Waals surface area (Å²) >= 11 is 0. The number of carbonyl (C=O) groups is 1. The summed E-state index contributed by atoms with van der Waals surface area (Å²) < 4.78 is 85.7. The van der Waals surface area contributed by atoms with Crippen molar-refractivity contribution in [3.8, 4) is 29.4 Å². The van der Waals surface area contributed by atoms with E-state index in [1.165, 1.54) is 31.4 Å². The van der Waals surface area contributed by atoms with Gasteiger partial charge in [0.25, 0.3) is 0 Å². The number of hydrogen-bond donors (Lipinski definition) is 2. The summed E-state index contributed by atoms with van der Waals surface area (Å²) in [5.41, 5.74) is 0.156. The van der Waals surface area contributed by atoms with Crippen molar-refractivity contribution < 1.29 is 35.5 Å². The number of halogens is 4. The van der Waals surface area contributed by atoms with Crippen molar-refractivity contribution in [1.29, 1.82) is 0 Å². The van der Waals surface area contributed by atoms with Crippen molar-refractivity contribution in [3.05, 3.63) is 47.4 Å². The number of anilines is 1. The van der Waals surface area contributed by atoms with Gasteiger partial charge in [-0.1, -0.05) is 18.1 Å².